The van der Waals surface area contributed by atoms with E-state index in [0.29, 0.717) is 17.2 Å². The third-order valence-corrected chi connectivity index (χ3v) is 11.0. The highest BCUT2D eigenvalue weighted by molar-refractivity contribution is 8.37. The normalized spacial score (nSPS) is 19.7. The predicted octanol–water partition coefficient (Wildman–Crippen LogP) is 4.80. The van der Waals surface area contributed by atoms with E-state index in [0.717, 1.165) is 33.9 Å². The minimum atomic E-state index is -4.33. The number of hydrogen-bond acceptors (Lipinski definition) is 3. The molecule has 0 atom stereocenters. The van der Waals surface area contributed by atoms with E-state index in [1.54, 1.807) is 0 Å². The average Bonchev–Trinajstić information content (AvgIpc) is 2.65. The van der Waals surface area contributed by atoms with Gasteiger partial charge in [-0.3, -0.25) is 9.36 Å². The first-order valence-corrected chi connectivity index (χ1v) is 14.5. The third-order valence-electron chi connectivity index (χ3n) is 5.91. The highest BCUT2D eigenvalue weighted by Crippen LogP contribution is 2.58. The number of nitrogens with zero attached hydrogens (tertiary/aromatic N) is 1. The Balaban J connectivity index is 2.65. The number of rotatable bonds is 7. The van der Waals surface area contributed by atoms with E-state index in [9.17, 15) is 24.3 Å². The Labute approximate surface area is 181 Å². The van der Waals surface area contributed by atoms with Crippen LogP contribution in [0.15, 0.2) is 17.0 Å². The molecule has 1 amide bonds. The monoisotopic (exact) mass is 457 g/mol. The molecule has 0 spiro atoms. The molecule has 3 N–H and O–H groups in total. The lowest BCUT2D eigenvalue weighted by Gasteiger charge is -2.47. The molecular formula is C22H36NO5PS. The van der Waals surface area contributed by atoms with E-state index in [1.807, 2.05) is 45.9 Å². The highest BCUT2D eigenvalue weighted by atomic mass is 32.3. The van der Waals surface area contributed by atoms with Crippen molar-refractivity contribution in [3.05, 3.63) is 33.7 Å². The van der Waals surface area contributed by atoms with Crippen LogP contribution in [0.3, 0.4) is 0 Å². The van der Waals surface area contributed by atoms with Gasteiger partial charge in [0.2, 0.25) is 0 Å². The Morgan fingerprint density at radius 3 is 2.00 bits per heavy atom. The van der Waals surface area contributed by atoms with Crippen LogP contribution in [0, 0.1) is 0 Å². The van der Waals surface area contributed by atoms with Gasteiger partial charge in [0.25, 0.3) is 5.91 Å². The van der Waals surface area contributed by atoms with Crippen LogP contribution in [0.25, 0.3) is 6.08 Å². The third kappa shape index (κ3) is 5.31. The smallest absolute Gasteiger partial charge is 0.344 e. The number of amides is 1. The molecule has 1 aromatic rings. The van der Waals surface area contributed by atoms with Crippen molar-refractivity contribution in [1.82, 2.24) is 4.90 Å². The molecule has 30 heavy (non-hydrogen) atoms. The molecule has 2 rings (SSSR count). The lowest BCUT2D eigenvalue weighted by Crippen LogP contribution is -2.43. The van der Waals surface area contributed by atoms with Gasteiger partial charge in [0.15, 0.2) is 0 Å². The summed E-state index contributed by atoms with van der Waals surface area (Å²) in [7, 11) is -5.71. The fourth-order valence-corrected chi connectivity index (χ4v) is 8.00. The van der Waals surface area contributed by atoms with Crippen LogP contribution in [0.5, 0.6) is 5.75 Å². The molecule has 1 heterocycles. The van der Waals surface area contributed by atoms with E-state index in [1.165, 1.54) is 4.90 Å². The minimum absolute atomic E-state index is 0.128. The number of phenols is 1. The molecule has 0 aromatic heterocycles. The van der Waals surface area contributed by atoms with Gasteiger partial charge in [0, 0.05) is 6.54 Å². The van der Waals surface area contributed by atoms with Crippen LogP contribution >= 0.6 is 17.6 Å². The lowest BCUT2D eigenvalue weighted by atomic mass is 9.91. The molecule has 1 aromatic carbocycles. The van der Waals surface area contributed by atoms with Gasteiger partial charge < -0.3 is 19.8 Å². The van der Waals surface area contributed by atoms with Crippen LogP contribution in [0.2, 0.25) is 0 Å². The van der Waals surface area contributed by atoms with Crippen molar-refractivity contribution in [2.24, 2.45) is 0 Å². The number of benzene rings is 1. The molecule has 0 saturated carbocycles. The molecule has 1 fully saturated rings. The fourth-order valence-electron chi connectivity index (χ4n) is 4.00. The number of aromatic hydroxyl groups is 1. The van der Waals surface area contributed by atoms with Gasteiger partial charge in [0.1, 0.15) is 12.0 Å². The number of carbonyl (C=O) groups excluding carboxylic acids is 1. The highest BCUT2D eigenvalue weighted by Gasteiger charge is 2.39. The average molecular weight is 458 g/mol. The van der Waals surface area contributed by atoms with Crippen molar-refractivity contribution >= 4 is 29.6 Å². The van der Waals surface area contributed by atoms with Crippen LogP contribution in [0.1, 0.15) is 70.1 Å². The largest absolute Gasteiger partial charge is 0.507 e. The summed E-state index contributed by atoms with van der Waals surface area (Å²) in [6.45, 7) is 12.7. The predicted molar refractivity (Wildman–Crippen MR) is 126 cm³/mol. The SMILES string of the molecule is CCS1(CC)CCN(CP(=O)(O)O)C(=O)/C1=C\c1cc(C(C)C)c(O)c(C(C)C)c1. The van der Waals surface area contributed by atoms with Gasteiger partial charge in [0.05, 0.1) is 4.91 Å². The van der Waals surface area contributed by atoms with E-state index in [-0.39, 0.29) is 17.7 Å². The van der Waals surface area contributed by atoms with Gasteiger partial charge in [-0.25, -0.2) is 10.0 Å². The minimum Gasteiger partial charge on any atom is -0.507 e. The molecule has 0 unspecified atom stereocenters. The quantitative estimate of drug-likeness (QED) is 0.404. The Morgan fingerprint density at radius 1 is 1.10 bits per heavy atom. The van der Waals surface area contributed by atoms with Crippen molar-refractivity contribution in [2.45, 2.75) is 53.4 Å². The molecule has 170 valence electrons. The van der Waals surface area contributed by atoms with E-state index in [4.69, 9.17) is 0 Å². The van der Waals surface area contributed by atoms with Crippen molar-refractivity contribution in [3.63, 3.8) is 0 Å². The van der Waals surface area contributed by atoms with Crippen LogP contribution in [0.4, 0.5) is 0 Å². The molecule has 1 aliphatic heterocycles. The maximum Gasteiger partial charge on any atom is 0.344 e. The van der Waals surface area contributed by atoms with Crippen LogP contribution in [-0.4, -0.2) is 55.8 Å². The van der Waals surface area contributed by atoms with Gasteiger partial charge in [-0.15, -0.1) is 0 Å². The molecule has 1 saturated heterocycles. The molecule has 8 heteroatoms. The first-order chi connectivity index (χ1) is 13.8. The standard InChI is InChI=1S/C22H36NO5PS/c1-7-30(8-2)10-9-23(14-29(26,27)28)22(25)20(30)13-17-11-18(15(3)4)21(24)19(12-17)16(5)6/h11-13,15-16,24H,7-10,14H2,1-6H3,(H2,26,27,28)/b20-13+. The van der Waals surface area contributed by atoms with Crippen LogP contribution < -0.4 is 0 Å². The molecule has 6 nitrogen and oxygen atoms in total. The maximum absolute atomic E-state index is 13.3. The topological polar surface area (TPSA) is 98.1 Å². The summed E-state index contributed by atoms with van der Waals surface area (Å²) in [6, 6.07) is 3.87. The van der Waals surface area contributed by atoms with Gasteiger partial charge in [-0.2, -0.15) is 0 Å². The lowest BCUT2D eigenvalue weighted by molar-refractivity contribution is -0.125. The van der Waals surface area contributed by atoms with E-state index < -0.39 is 23.9 Å². The van der Waals surface area contributed by atoms with Crippen molar-refractivity contribution in [3.8, 4) is 5.75 Å². The Kier molecular flexibility index (Phi) is 7.89. The molecular weight excluding hydrogens is 421 g/mol. The number of phenolic OH excluding ortho intramolecular Hbond substituents is 1. The molecule has 0 bridgehead atoms. The molecule has 1 aliphatic rings. The Morgan fingerprint density at radius 2 is 1.60 bits per heavy atom. The molecule has 0 aliphatic carbocycles. The number of hydrogen-bond donors (Lipinski definition) is 3. The number of carbonyl (C=O) groups is 1. The fraction of sp³-hybridized carbons (Fsp3) is 0.591. The summed E-state index contributed by atoms with van der Waals surface area (Å²) < 4.78 is 11.5. The summed E-state index contributed by atoms with van der Waals surface area (Å²) in [5.74, 6) is 2.77. The summed E-state index contributed by atoms with van der Waals surface area (Å²) >= 11 is 0. The zero-order chi connectivity index (χ0) is 22.9. The van der Waals surface area contributed by atoms with Crippen molar-refractivity contribution < 1.29 is 24.3 Å². The first-order valence-electron chi connectivity index (χ1n) is 10.5. The second-order valence-corrected chi connectivity index (χ2v) is 14.3. The summed E-state index contributed by atoms with van der Waals surface area (Å²) in [4.78, 5) is 34.1. The second kappa shape index (κ2) is 9.47. The Bertz CT molecular complexity index is 841. The van der Waals surface area contributed by atoms with E-state index in [2.05, 4.69) is 13.8 Å². The summed E-state index contributed by atoms with van der Waals surface area (Å²) in [6.07, 6.45) is 1.36. The van der Waals surface area contributed by atoms with E-state index >= 15 is 0 Å². The van der Waals surface area contributed by atoms with Gasteiger partial charge in [-0.1, -0.05) is 41.5 Å². The zero-order valence-electron chi connectivity index (χ0n) is 18.9. The van der Waals surface area contributed by atoms with Gasteiger partial charge in [-0.05, 0) is 64.0 Å². The Hall–Kier alpha value is -1.27. The zero-order valence-corrected chi connectivity index (χ0v) is 20.6. The van der Waals surface area contributed by atoms with Crippen molar-refractivity contribution in [1.29, 1.82) is 0 Å². The summed E-state index contributed by atoms with van der Waals surface area (Å²) in [5, 5.41) is 10.7. The second-order valence-electron chi connectivity index (χ2n) is 8.57. The van der Waals surface area contributed by atoms with Gasteiger partial charge >= 0.3 is 7.60 Å². The summed E-state index contributed by atoms with van der Waals surface area (Å²) in [5.41, 5.74) is 2.55. The first kappa shape index (κ1) is 25.0. The maximum atomic E-state index is 13.3. The van der Waals surface area contributed by atoms with Crippen molar-refractivity contribution in [2.75, 3.05) is 30.1 Å². The van der Waals surface area contributed by atoms with Crippen LogP contribution in [-0.2, 0) is 9.36 Å². The molecule has 0 radical (unpaired) electrons.